The van der Waals surface area contributed by atoms with Gasteiger partial charge in [-0.3, -0.25) is 0 Å². The van der Waals surface area contributed by atoms with E-state index >= 15 is 0 Å². The zero-order chi connectivity index (χ0) is 28.3. The van der Waals surface area contributed by atoms with Crippen molar-refractivity contribution in [3.8, 4) is 11.1 Å². The average Bonchev–Trinajstić information content (AvgIpc) is 3.65. The van der Waals surface area contributed by atoms with E-state index in [1.165, 1.54) is 5.56 Å². The van der Waals surface area contributed by atoms with Crippen molar-refractivity contribution >= 4 is 71.7 Å². The maximum Gasteiger partial charge on any atom is 0.143 e. The van der Waals surface area contributed by atoms with Crippen LogP contribution in [-0.2, 0) is 0 Å². The lowest BCUT2D eigenvalue weighted by atomic mass is 10.0. The van der Waals surface area contributed by atoms with E-state index in [2.05, 4.69) is 144 Å². The van der Waals surface area contributed by atoms with Crippen LogP contribution in [0.2, 0.25) is 0 Å². The summed E-state index contributed by atoms with van der Waals surface area (Å²) in [7, 11) is 0. The first-order valence-electron chi connectivity index (χ1n) is 14.5. The van der Waals surface area contributed by atoms with E-state index in [1.807, 2.05) is 12.1 Å². The molecule has 3 heteroatoms. The Bertz CT molecular complexity index is 2470. The zero-order valence-corrected chi connectivity index (χ0v) is 23.2. The first-order valence-corrected chi connectivity index (χ1v) is 14.5. The van der Waals surface area contributed by atoms with E-state index in [-0.39, 0.29) is 0 Å². The van der Waals surface area contributed by atoms with Crippen LogP contribution in [0.3, 0.4) is 0 Å². The second-order valence-corrected chi connectivity index (χ2v) is 10.9. The minimum Gasteiger partial charge on any atom is -0.456 e. The monoisotopic (exact) mass is 551 g/mol. The molecule has 0 N–H and O–H groups in total. The molecule has 0 amide bonds. The Morgan fingerprint density at radius 2 is 1.02 bits per heavy atom. The summed E-state index contributed by atoms with van der Waals surface area (Å²) in [6.07, 6.45) is 0. The molecule has 0 unspecified atom stereocenters. The topological polar surface area (TPSA) is 29.5 Å². The highest BCUT2D eigenvalue weighted by Crippen LogP contribution is 2.47. The minimum absolute atomic E-state index is 0.859. The minimum atomic E-state index is 0.859. The molecular weight excluding hydrogens is 526 g/mol. The van der Waals surface area contributed by atoms with E-state index in [1.54, 1.807) is 0 Å². The number of hydrogen-bond donors (Lipinski definition) is 0. The summed E-state index contributed by atoms with van der Waals surface area (Å²) in [4.78, 5) is 2.36. The van der Waals surface area contributed by atoms with Crippen molar-refractivity contribution in [1.82, 2.24) is 0 Å². The van der Waals surface area contributed by atoms with Crippen molar-refractivity contribution in [3.05, 3.63) is 152 Å². The van der Waals surface area contributed by atoms with Gasteiger partial charge in [0.2, 0.25) is 0 Å². The Balaban J connectivity index is 1.39. The molecule has 0 aliphatic rings. The second-order valence-electron chi connectivity index (χ2n) is 10.9. The second kappa shape index (κ2) is 9.37. The molecule has 0 radical (unpaired) electrons. The summed E-state index contributed by atoms with van der Waals surface area (Å²) in [5.41, 5.74) is 8.99. The van der Waals surface area contributed by atoms with Crippen LogP contribution >= 0.6 is 0 Å². The maximum atomic E-state index is 6.62. The fourth-order valence-corrected chi connectivity index (χ4v) is 6.53. The van der Waals surface area contributed by atoms with Gasteiger partial charge in [0.25, 0.3) is 0 Å². The number of nitrogens with zero attached hydrogens (tertiary/aromatic N) is 1. The lowest BCUT2D eigenvalue weighted by Gasteiger charge is -2.27. The molecule has 7 aromatic carbocycles. The van der Waals surface area contributed by atoms with Crippen LogP contribution in [0.15, 0.2) is 160 Å². The summed E-state index contributed by atoms with van der Waals surface area (Å²) in [5, 5.41) is 6.63. The largest absolute Gasteiger partial charge is 0.456 e. The quantitative estimate of drug-likeness (QED) is 0.218. The highest BCUT2D eigenvalue weighted by atomic mass is 16.3. The molecule has 0 saturated carbocycles. The molecule has 0 aliphatic heterocycles. The molecule has 0 saturated heterocycles. The van der Waals surface area contributed by atoms with Gasteiger partial charge in [-0.25, -0.2) is 0 Å². The highest BCUT2D eigenvalue weighted by Gasteiger charge is 2.23. The van der Waals surface area contributed by atoms with Gasteiger partial charge in [-0.2, -0.15) is 0 Å². The van der Waals surface area contributed by atoms with Crippen LogP contribution in [0.4, 0.5) is 17.1 Å². The lowest BCUT2D eigenvalue weighted by molar-refractivity contribution is 0.669. The van der Waals surface area contributed by atoms with E-state index in [4.69, 9.17) is 8.83 Å². The average molecular weight is 552 g/mol. The number of fused-ring (bicyclic) bond motifs is 8. The highest BCUT2D eigenvalue weighted by molar-refractivity contribution is 6.21. The van der Waals surface area contributed by atoms with Gasteiger partial charge in [0.1, 0.15) is 22.3 Å². The van der Waals surface area contributed by atoms with Gasteiger partial charge < -0.3 is 13.7 Å². The van der Waals surface area contributed by atoms with Crippen molar-refractivity contribution in [3.63, 3.8) is 0 Å². The standard InChI is InChI=1S/C40H25NO2/c1-2-11-26(12-3-1)28-14-8-15-29(25-28)41(33-18-9-21-36-38(33)31-17-6-7-20-35(31)42-36)34-19-10-22-37-39(34)32-24-23-27-13-4-5-16-30(27)40(32)43-37/h1-25H. The predicted molar refractivity (Wildman–Crippen MR) is 179 cm³/mol. The SMILES string of the molecule is c1ccc(-c2cccc(N(c3cccc4oc5ccccc5c34)c3cccc4oc5c6ccccc6ccc5c34)c2)cc1. The summed E-state index contributed by atoms with van der Waals surface area (Å²) in [5.74, 6) is 0. The van der Waals surface area contributed by atoms with Crippen molar-refractivity contribution < 1.29 is 8.83 Å². The lowest BCUT2D eigenvalue weighted by Crippen LogP contribution is -2.11. The Hall–Kier alpha value is -5.80. The van der Waals surface area contributed by atoms with Crippen LogP contribution in [0.1, 0.15) is 0 Å². The summed E-state index contributed by atoms with van der Waals surface area (Å²) in [6.45, 7) is 0. The third-order valence-corrected chi connectivity index (χ3v) is 8.44. The summed E-state index contributed by atoms with van der Waals surface area (Å²) >= 11 is 0. The molecule has 0 bridgehead atoms. The normalized spacial score (nSPS) is 11.7. The molecular formula is C40H25NO2. The first-order chi connectivity index (χ1) is 21.3. The molecule has 202 valence electrons. The number of anilines is 3. The van der Waals surface area contributed by atoms with Gasteiger partial charge in [-0.05, 0) is 65.0 Å². The van der Waals surface area contributed by atoms with Gasteiger partial charge in [-0.1, -0.05) is 103 Å². The first kappa shape index (κ1) is 23.9. The van der Waals surface area contributed by atoms with E-state index < -0.39 is 0 Å². The predicted octanol–water partition coefficient (Wildman–Crippen LogP) is 11.8. The third kappa shape index (κ3) is 3.68. The van der Waals surface area contributed by atoms with Crippen LogP contribution in [0.25, 0.3) is 65.8 Å². The Kier molecular flexibility index (Phi) is 5.20. The molecule has 0 spiro atoms. The van der Waals surface area contributed by atoms with Crippen LogP contribution in [0, 0.1) is 0 Å². The van der Waals surface area contributed by atoms with Crippen molar-refractivity contribution in [2.45, 2.75) is 0 Å². The number of benzene rings is 7. The molecule has 2 aromatic heterocycles. The summed E-state index contributed by atoms with van der Waals surface area (Å²) in [6, 6.07) is 53.0. The number of para-hydroxylation sites is 1. The van der Waals surface area contributed by atoms with Crippen LogP contribution in [0.5, 0.6) is 0 Å². The Morgan fingerprint density at radius 1 is 0.395 bits per heavy atom. The van der Waals surface area contributed by atoms with Gasteiger partial charge in [0, 0.05) is 21.8 Å². The summed E-state index contributed by atoms with van der Waals surface area (Å²) < 4.78 is 13.0. The smallest absolute Gasteiger partial charge is 0.143 e. The number of hydrogen-bond acceptors (Lipinski definition) is 3. The van der Waals surface area contributed by atoms with E-state index in [9.17, 15) is 0 Å². The molecule has 0 atom stereocenters. The number of rotatable bonds is 4. The Morgan fingerprint density at radius 3 is 1.86 bits per heavy atom. The fraction of sp³-hybridized carbons (Fsp3) is 0. The van der Waals surface area contributed by atoms with Crippen molar-refractivity contribution in [2.24, 2.45) is 0 Å². The molecule has 43 heavy (non-hydrogen) atoms. The van der Waals surface area contributed by atoms with Gasteiger partial charge >= 0.3 is 0 Å². The number of furan rings is 2. The van der Waals surface area contributed by atoms with Crippen molar-refractivity contribution in [1.29, 1.82) is 0 Å². The zero-order valence-electron chi connectivity index (χ0n) is 23.2. The Labute approximate surface area is 247 Å². The fourth-order valence-electron chi connectivity index (χ4n) is 6.53. The van der Waals surface area contributed by atoms with E-state index in [0.29, 0.717) is 0 Å². The molecule has 9 aromatic rings. The van der Waals surface area contributed by atoms with Crippen molar-refractivity contribution in [2.75, 3.05) is 4.90 Å². The molecule has 0 aliphatic carbocycles. The maximum absolute atomic E-state index is 6.62. The molecule has 0 fully saturated rings. The van der Waals surface area contributed by atoms with Gasteiger partial charge in [-0.15, -0.1) is 0 Å². The third-order valence-electron chi connectivity index (χ3n) is 8.44. The van der Waals surface area contributed by atoms with E-state index in [0.717, 1.165) is 77.3 Å². The van der Waals surface area contributed by atoms with Crippen LogP contribution < -0.4 is 4.90 Å². The van der Waals surface area contributed by atoms with Gasteiger partial charge in [0.15, 0.2) is 0 Å². The molecule has 2 heterocycles. The van der Waals surface area contributed by atoms with Crippen LogP contribution in [-0.4, -0.2) is 0 Å². The molecule has 9 rings (SSSR count). The van der Waals surface area contributed by atoms with Gasteiger partial charge in [0.05, 0.1) is 22.1 Å². The molecule has 3 nitrogen and oxygen atoms in total.